The van der Waals surface area contributed by atoms with Gasteiger partial charge < -0.3 is 25.0 Å². The number of ether oxygens (including phenoxy) is 2. The Morgan fingerprint density at radius 3 is 2.69 bits per heavy atom. The number of methoxy groups -OCH3 is 2. The second-order valence-electron chi connectivity index (χ2n) is 9.14. The fraction of sp³-hybridized carbons (Fsp3) is 0.560. The third-order valence-corrected chi connectivity index (χ3v) is 7.47. The summed E-state index contributed by atoms with van der Waals surface area (Å²) in [6.07, 6.45) is 1.42. The number of benzene rings is 1. The summed E-state index contributed by atoms with van der Waals surface area (Å²) in [6, 6.07) is 5.43. The van der Waals surface area contributed by atoms with E-state index in [1.807, 2.05) is 6.07 Å². The zero-order chi connectivity index (χ0) is 25.5. The number of aromatic nitrogens is 1. The quantitative estimate of drug-likeness (QED) is 0.466. The summed E-state index contributed by atoms with van der Waals surface area (Å²) < 4.78 is 24.0. The standard InChI is InChI=1S/C25H34FN5O4S/c1-34-12-8-27-23(32)20-13-17(14-30-9-5-18(26)6-10-30)3-4-21(20)28-24(33)22-16-36-25(29-22)31-11-7-19(15-31)35-2/h3-4,13,16,18-19H,5-12,14-15H2,1-2H3,(H,27,32)(H,28,33)/t19-/m0/s1. The van der Waals surface area contributed by atoms with Crippen molar-refractivity contribution in [2.75, 3.05) is 63.8 Å². The predicted molar refractivity (Wildman–Crippen MR) is 138 cm³/mol. The van der Waals surface area contributed by atoms with E-state index in [2.05, 4.69) is 25.4 Å². The molecule has 9 nitrogen and oxygen atoms in total. The molecule has 1 atom stereocenters. The van der Waals surface area contributed by atoms with E-state index in [0.717, 1.165) is 30.2 Å². The molecule has 0 saturated carbocycles. The van der Waals surface area contributed by atoms with Crippen molar-refractivity contribution in [2.45, 2.75) is 38.1 Å². The Hall–Kier alpha value is -2.60. The zero-order valence-electron chi connectivity index (χ0n) is 20.8. The number of rotatable bonds is 10. The zero-order valence-corrected chi connectivity index (χ0v) is 21.6. The van der Waals surface area contributed by atoms with Gasteiger partial charge in [-0.15, -0.1) is 11.3 Å². The average Bonchev–Trinajstić information content (AvgIpc) is 3.56. The lowest BCUT2D eigenvalue weighted by atomic mass is 10.0. The third-order valence-electron chi connectivity index (χ3n) is 6.57. The van der Waals surface area contributed by atoms with Gasteiger partial charge in [0.1, 0.15) is 11.9 Å². The monoisotopic (exact) mass is 519 g/mol. The van der Waals surface area contributed by atoms with Gasteiger partial charge in [0.05, 0.1) is 24.0 Å². The highest BCUT2D eigenvalue weighted by Crippen LogP contribution is 2.27. The number of carbonyl (C=O) groups is 2. The summed E-state index contributed by atoms with van der Waals surface area (Å²) in [5, 5.41) is 8.21. The van der Waals surface area contributed by atoms with Gasteiger partial charge in [0.15, 0.2) is 5.13 Å². The van der Waals surface area contributed by atoms with E-state index >= 15 is 0 Å². The SMILES string of the molecule is COCCNC(=O)c1cc(CN2CCC(F)CC2)ccc1NC(=O)c1csc(N2CC[C@H](OC)C2)n1. The van der Waals surface area contributed by atoms with Crippen LogP contribution in [0.5, 0.6) is 0 Å². The second-order valence-corrected chi connectivity index (χ2v) is 9.98. The topological polar surface area (TPSA) is 96.0 Å². The van der Waals surface area contributed by atoms with Crippen molar-refractivity contribution in [3.8, 4) is 0 Å². The predicted octanol–water partition coefficient (Wildman–Crippen LogP) is 2.93. The molecule has 3 heterocycles. The first kappa shape index (κ1) is 26.5. The Morgan fingerprint density at radius 2 is 1.97 bits per heavy atom. The van der Waals surface area contributed by atoms with Gasteiger partial charge in [-0.3, -0.25) is 14.5 Å². The highest BCUT2D eigenvalue weighted by atomic mass is 32.1. The molecule has 2 aliphatic heterocycles. The van der Waals surface area contributed by atoms with Crippen molar-refractivity contribution >= 4 is 34.0 Å². The number of piperidine rings is 1. The van der Waals surface area contributed by atoms with Gasteiger partial charge >= 0.3 is 0 Å². The summed E-state index contributed by atoms with van der Waals surface area (Å²) in [4.78, 5) is 34.8. The van der Waals surface area contributed by atoms with E-state index in [-0.39, 0.29) is 17.9 Å². The molecule has 2 fully saturated rings. The molecule has 4 rings (SSSR count). The van der Waals surface area contributed by atoms with Crippen molar-refractivity contribution < 1.29 is 23.5 Å². The Balaban J connectivity index is 1.47. The molecule has 0 spiro atoms. The van der Waals surface area contributed by atoms with Crippen molar-refractivity contribution in [3.05, 3.63) is 40.4 Å². The average molecular weight is 520 g/mol. The van der Waals surface area contributed by atoms with Crippen LogP contribution in [0.3, 0.4) is 0 Å². The van der Waals surface area contributed by atoms with Gasteiger partial charge in [0, 0.05) is 58.9 Å². The molecule has 1 aromatic heterocycles. The molecule has 2 saturated heterocycles. The molecule has 1 aromatic carbocycles. The number of alkyl halides is 1. The highest BCUT2D eigenvalue weighted by Gasteiger charge is 2.26. The Morgan fingerprint density at radius 1 is 1.17 bits per heavy atom. The molecule has 196 valence electrons. The summed E-state index contributed by atoms with van der Waals surface area (Å²) in [5.41, 5.74) is 2.02. The van der Waals surface area contributed by atoms with Gasteiger partial charge in [-0.1, -0.05) is 6.07 Å². The summed E-state index contributed by atoms with van der Waals surface area (Å²) in [6.45, 7) is 4.31. The molecule has 11 heteroatoms. The van der Waals surface area contributed by atoms with Crippen LogP contribution in [0.2, 0.25) is 0 Å². The van der Waals surface area contributed by atoms with Crippen LogP contribution in [0.4, 0.5) is 15.2 Å². The molecule has 2 aromatic rings. The minimum atomic E-state index is -0.737. The molecule has 36 heavy (non-hydrogen) atoms. The smallest absolute Gasteiger partial charge is 0.275 e. The number of nitrogens with zero attached hydrogens (tertiary/aromatic N) is 3. The van der Waals surface area contributed by atoms with Crippen LogP contribution < -0.4 is 15.5 Å². The lowest BCUT2D eigenvalue weighted by Crippen LogP contribution is -2.34. The van der Waals surface area contributed by atoms with Crippen molar-refractivity contribution in [3.63, 3.8) is 0 Å². The van der Waals surface area contributed by atoms with E-state index in [0.29, 0.717) is 62.6 Å². The van der Waals surface area contributed by atoms with Gasteiger partial charge in [-0.25, -0.2) is 9.37 Å². The van der Waals surface area contributed by atoms with E-state index in [1.54, 1.807) is 31.7 Å². The van der Waals surface area contributed by atoms with Gasteiger partial charge in [-0.2, -0.15) is 0 Å². The Bertz CT molecular complexity index is 1040. The minimum Gasteiger partial charge on any atom is -0.383 e. The summed E-state index contributed by atoms with van der Waals surface area (Å²) in [5.74, 6) is -0.669. The lowest BCUT2D eigenvalue weighted by molar-refractivity contribution is 0.0937. The van der Waals surface area contributed by atoms with E-state index in [9.17, 15) is 14.0 Å². The maximum atomic E-state index is 13.5. The van der Waals surface area contributed by atoms with Crippen LogP contribution in [0.15, 0.2) is 23.6 Å². The number of thiazole rings is 1. The molecule has 0 unspecified atom stereocenters. The summed E-state index contributed by atoms with van der Waals surface area (Å²) >= 11 is 1.42. The number of anilines is 2. The molecule has 2 N–H and O–H groups in total. The number of carbonyl (C=O) groups excluding carboxylic acids is 2. The number of halogens is 1. The number of hydrogen-bond acceptors (Lipinski definition) is 8. The van der Waals surface area contributed by atoms with Crippen LogP contribution in [-0.4, -0.2) is 87.5 Å². The third kappa shape index (κ3) is 6.78. The van der Waals surface area contributed by atoms with Crippen LogP contribution in [0.1, 0.15) is 45.7 Å². The number of nitrogens with one attached hydrogen (secondary N) is 2. The molecular weight excluding hydrogens is 485 g/mol. The Kier molecular flexibility index (Phi) is 9.24. The van der Waals surface area contributed by atoms with Crippen molar-refractivity contribution in [1.29, 1.82) is 0 Å². The minimum absolute atomic E-state index is 0.173. The van der Waals surface area contributed by atoms with E-state index in [1.165, 1.54) is 11.3 Å². The van der Waals surface area contributed by atoms with Gasteiger partial charge in [0.25, 0.3) is 11.8 Å². The van der Waals surface area contributed by atoms with E-state index in [4.69, 9.17) is 9.47 Å². The summed E-state index contributed by atoms with van der Waals surface area (Å²) in [7, 11) is 3.27. The van der Waals surface area contributed by atoms with Crippen molar-refractivity contribution in [1.82, 2.24) is 15.2 Å². The number of likely N-dealkylation sites (tertiary alicyclic amines) is 1. The maximum Gasteiger partial charge on any atom is 0.275 e. The molecule has 0 aliphatic carbocycles. The van der Waals surface area contributed by atoms with Crippen molar-refractivity contribution in [2.24, 2.45) is 0 Å². The van der Waals surface area contributed by atoms with E-state index < -0.39 is 6.17 Å². The highest BCUT2D eigenvalue weighted by molar-refractivity contribution is 7.14. The first-order valence-electron chi connectivity index (χ1n) is 12.3. The first-order chi connectivity index (χ1) is 17.5. The fourth-order valence-corrected chi connectivity index (χ4v) is 5.30. The number of amides is 2. The van der Waals surface area contributed by atoms with Gasteiger partial charge in [-0.05, 0) is 37.0 Å². The fourth-order valence-electron chi connectivity index (χ4n) is 4.46. The second kappa shape index (κ2) is 12.6. The van der Waals surface area contributed by atoms with Crippen LogP contribution in [-0.2, 0) is 16.0 Å². The molecule has 0 bridgehead atoms. The maximum absolute atomic E-state index is 13.5. The lowest BCUT2D eigenvalue weighted by Gasteiger charge is -2.28. The normalized spacial score (nSPS) is 19.0. The van der Waals surface area contributed by atoms with Crippen LogP contribution in [0.25, 0.3) is 0 Å². The van der Waals surface area contributed by atoms with Gasteiger partial charge in [0.2, 0.25) is 0 Å². The molecule has 2 amide bonds. The Labute approximate surface area is 215 Å². The van der Waals surface area contributed by atoms with Crippen LogP contribution in [0, 0.1) is 0 Å². The molecular formula is C25H34FN5O4S. The molecule has 0 radical (unpaired) electrons. The first-order valence-corrected chi connectivity index (χ1v) is 13.2. The molecule has 2 aliphatic rings. The largest absolute Gasteiger partial charge is 0.383 e. The number of hydrogen-bond donors (Lipinski definition) is 2. The van der Waals surface area contributed by atoms with Crippen LogP contribution >= 0.6 is 11.3 Å².